The van der Waals surface area contributed by atoms with Crippen molar-refractivity contribution in [1.29, 1.82) is 0 Å². The van der Waals surface area contributed by atoms with E-state index in [1.165, 1.54) is 11.3 Å². The van der Waals surface area contributed by atoms with E-state index in [4.69, 9.17) is 4.74 Å². The monoisotopic (exact) mass is 283 g/mol. The summed E-state index contributed by atoms with van der Waals surface area (Å²) in [5.74, 6) is 0.815. The molecule has 1 N–H and O–H groups in total. The molecule has 0 spiro atoms. The van der Waals surface area contributed by atoms with Crippen molar-refractivity contribution < 1.29 is 4.74 Å². The summed E-state index contributed by atoms with van der Waals surface area (Å²) in [6.07, 6.45) is 0. The van der Waals surface area contributed by atoms with E-state index < -0.39 is 0 Å². The molecular formula is C16H13NO2S. The molecule has 0 atom stereocenters. The molecule has 0 unspecified atom stereocenters. The summed E-state index contributed by atoms with van der Waals surface area (Å²) in [6.45, 7) is 0.551. The molecular weight excluding hydrogens is 270 g/mol. The molecule has 0 saturated heterocycles. The molecule has 2 aromatic carbocycles. The second-order valence-corrected chi connectivity index (χ2v) is 5.20. The predicted octanol–water partition coefficient (Wildman–Crippen LogP) is 3.68. The lowest BCUT2D eigenvalue weighted by Crippen LogP contribution is -1.95. The highest BCUT2D eigenvalue weighted by Crippen LogP contribution is 2.21. The van der Waals surface area contributed by atoms with E-state index in [1.807, 2.05) is 60.0 Å². The molecule has 3 nitrogen and oxygen atoms in total. The summed E-state index contributed by atoms with van der Waals surface area (Å²) in [6, 6.07) is 17.7. The zero-order valence-corrected chi connectivity index (χ0v) is 11.5. The van der Waals surface area contributed by atoms with E-state index in [1.54, 1.807) is 0 Å². The molecule has 3 aromatic rings. The quantitative estimate of drug-likeness (QED) is 0.793. The van der Waals surface area contributed by atoms with Crippen LogP contribution in [0.2, 0.25) is 0 Å². The Labute approximate surface area is 120 Å². The van der Waals surface area contributed by atoms with Crippen LogP contribution in [0.1, 0.15) is 5.56 Å². The van der Waals surface area contributed by atoms with Gasteiger partial charge in [0, 0.05) is 5.38 Å². The molecule has 1 aromatic heterocycles. The number of aromatic amines is 1. The van der Waals surface area contributed by atoms with Crippen LogP contribution in [-0.4, -0.2) is 4.98 Å². The third-order valence-corrected chi connectivity index (χ3v) is 3.60. The van der Waals surface area contributed by atoms with Gasteiger partial charge >= 0.3 is 4.87 Å². The van der Waals surface area contributed by atoms with E-state index in [2.05, 4.69) is 4.98 Å². The summed E-state index contributed by atoms with van der Waals surface area (Å²) in [7, 11) is 0. The number of rotatable bonds is 4. The van der Waals surface area contributed by atoms with Crippen molar-refractivity contribution in [2.75, 3.05) is 0 Å². The fourth-order valence-corrected chi connectivity index (χ4v) is 2.48. The second kappa shape index (κ2) is 5.75. The van der Waals surface area contributed by atoms with Crippen molar-refractivity contribution in [1.82, 2.24) is 4.98 Å². The summed E-state index contributed by atoms with van der Waals surface area (Å²) < 4.78 is 5.72. The van der Waals surface area contributed by atoms with Gasteiger partial charge in [-0.15, -0.1) is 0 Å². The van der Waals surface area contributed by atoms with Gasteiger partial charge in [0.15, 0.2) is 0 Å². The first-order chi connectivity index (χ1) is 9.81. The molecule has 0 fully saturated rings. The highest BCUT2D eigenvalue weighted by Gasteiger charge is 2.01. The number of ether oxygens (including phenoxy) is 1. The van der Waals surface area contributed by atoms with Crippen LogP contribution in [0, 0.1) is 0 Å². The van der Waals surface area contributed by atoms with Crippen LogP contribution in [-0.2, 0) is 6.61 Å². The Hall–Kier alpha value is -2.33. The van der Waals surface area contributed by atoms with Crippen LogP contribution in [0.5, 0.6) is 5.75 Å². The maximum atomic E-state index is 11.1. The van der Waals surface area contributed by atoms with E-state index in [9.17, 15) is 4.79 Å². The van der Waals surface area contributed by atoms with Gasteiger partial charge in [0.2, 0.25) is 0 Å². The lowest BCUT2D eigenvalue weighted by Gasteiger charge is -2.06. The largest absolute Gasteiger partial charge is 0.489 e. The number of hydrogen-bond acceptors (Lipinski definition) is 3. The molecule has 0 amide bonds. The van der Waals surface area contributed by atoms with Crippen molar-refractivity contribution in [3.05, 3.63) is 75.2 Å². The second-order valence-electron chi connectivity index (χ2n) is 4.36. The number of benzene rings is 2. The van der Waals surface area contributed by atoms with Gasteiger partial charge in [0.05, 0.1) is 5.69 Å². The molecule has 0 radical (unpaired) electrons. The molecule has 100 valence electrons. The van der Waals surface area contributed by atoms with Gasteiger partial charge in [-0.25, -0.2) is 0 Å². The maximum absolute atomic E-state index is 11.1. The standard InChI is InChI=1S/C16H13NO2S/c18-16-17-15(11-20-16)13-6-8-14(9-7-13)19-10-12-4-2-1-3-5-12/h1-9,11H,10H2,(H,17,18). The van der Waals surface area contributed by atoms with Crippen LogP contribution >= 0.6 is 11.3 Å². The number of thiazole rings is 1. The number of hydrogen-bond donors (Lipinski definition) is 1. The van der Waals surface area contributed by atoms with E-state index in [0.29, 0.717) is 6.61 Å². The lowest BCUT2D eigenvalue weighted by atomic mass is 10.2. The molecule has 1 heterocycles. The SMILES string of the molecule is O=c1[nH]c(-c2ccc(OCc3ccccc3)cc2)cs1. The summed E-state index contributed by atoms with van der Waals surface area (Å²) in [4.78, 5) is 13.9. The normalized spacial score (nSPS) is 10.4. The molecule has 0 aliphatic rings. The predicted molar refractivity (Wildman–Crippen MR) is 81.1 cm³/mol. The Morgan fingerprint density at radius 2 is 1.75 bits per heavy atom. The van der Waals surface area contributed by atoms with Crippen LogP contribution < -0.4 is 9.61 Å². The fourth-order valence-electron chi connectivity index (χ4n) is 1.89. The van der Waals surface area contributed by atoms with Crippen molar-refractivity contribution in [3.8, 4) is 17.0 Å². The van der Waals surface area contributed by atoms with Gasteiger partial charge in [-0.05, 0) is 35.4 Å². The van der Waals surface area contributed by atoms with Gasteiger partial charge in [-0.1, -0.05) is 41.7 Å². The summed E-state index contributed by atoms with van der Waals surface area (Å²) >= 11 is 1.17. The molecule has 4 heteroatoms. The molecule has 3 rings (SSSR count). The average Bonchev–Trinajstić information content (AvgIpc) is 2.93. The van der Waals surface area contributed by atoms with Crippen LogP contribution in [0.25, 0.3) is 11.3 Å². The van der Waals surface area contributed by atoms with Gasteiger partial charge in [-0.2, -0.15) is 0 Å². The zero-order chi connectivity index (χ0) is 13.8. The first-order valence-corrected chi connectivity index (χ1v) is 7.14. The highest BCUT2D eigenvalue weighted by atomic mass is 32.1. The Morgan fingerprint density at radius 1 is 1.00 bits per heavy atom. The Kier molecular flexibility index (Phi) is 3.65. The third-order valence-electron chi connectivity index (χ3n) is 2.93. The van der Waals surface area contributed by atoms with Gasteiger partial charge in [0.1, 0.15) is 12.4 Å². The zero-order valence-electron chi connectivity index (χ0n) is 10.7. The maximum Gasteiger partial charge on any atom is 0.304 e. The Bertz CT molecular complexity index is 729. The highest BCUT2D eigenvalue weighted by molar-refractivity contribution is 7.07. The lowest BCUT2D eigenvalue weighted by molar-refractivity contribution is 0.306. The van der Waals surface area contributed by atoms with Crippen LogP contribution in [0.15, 0.2) is 64.8 Å². The van der Waals surface area contributed by atoms with Crippen LogP contribution in [0.4, 0.5) is 0 Å². The molecule has 0 aliphatic carbocycles. The van der Waals surface area contributed by atoms with Gasteiger partial charge in [0.25, 0.3) is 0 Å². The van der Waals surface area contributed by atoms with E-state index in [-0.39, 0.29) is 4.87 Å². The van der Waals surface area contributed by atoms with Crippen LogP contribution in [0.3, 0.4) is 0 Å². The topological polar surface area (TPSA) is 42.1 Å². The Balaban J connectivity index is 1.69. The summed E-state index contributed by atoms with van der Waals surface area (Å²) in [5, 5.41) is 1.82. The molecule has 0 bridgehead atoms. The first kappa shape index (κ1) is 12.7. The minimum Gasteiger partial charge on any atom is -0.489 e. The average molecular weight is 283 g/mol. The van der Waals surface area contributed by atoms with Crippen molar-refractivity contribution >= 4 is 11.3 Å². The molecule has 20 heavy (non-hydrogen) atoms. The van der Waals surface area contributed by atoms with Crippen molar-refractivity contribution in [2.45, 2.75) is 6.61 Å². The summed E-state index contributed by atoms with van der Waals surface area (Å²) in [5.41, 5.74) is 2.96. The Morgan fingerprint density at radius 3 is 2.40 bits per heavy atom. The smallest absolute Gasteiger partial charge is 0.304 e. The van der Waals surface area contributed by atoms with E-state index >= 15 is 0 Å². The van der Waals surface area contributed by atoms with Gasteiger partial charge in [-0.3, -0.25) is 4.79 Å². The molecule has 0 aliphatic heterocycles. The number of nitrogens with one attached hydrogen (secondary N) is 1. The van der Waals surface area contributed by atoms with E-state index in [0.717, 1.165) is 22.6 Å². The number of H-pyrrole nitrogens is 1. The van der Waals surface area contributed by atoms with Crippen molar-refractivity contribution in [2.24, 2.45) is 0 Å². The van der Waals surface area contributed by atoms with Crippen molar-refractivity contribution in [3.63, 3.8) is 0 Å². The van der Waals surface area contributed by atoms with Gasteiger partial charge < -0.3 is 9.72 Å². The minimum absolute atomic E-state index is 0.0376. The molecule has 0 saturated carbocycles. The third kappa shape index (κ3) is 2.97. The minimum atomic E-state index is -0.0376. The fraction of sp³-hybridized carbons (Fsp3) is 0.0625. The number of aromatic nitrogens is 1. The first-order valence-electron chi connectivity index (χ1n) is 6.26.